The highest BCUT2D eigenvalue weighted by atomic mass is 79.9. The molecule has 4 heteroatoms. The molecular formula is C17H21BrN2O. The van der Waals surface area contributed by atoms with Crippen LogP contribution in [0.5, 0.6) is 11.6 Å². The van der Waals surface area contributed by atoms with Crippen LogP contribution in [0, 0.1) is 12.8 Å². The first-order chi connectivity index (χ1) is 10.0. The van der Waals surface area contributed by atoms with Crippen LogP contribution in [-0.2, 0) is 6.54 Å². The van der Waals surface area contributed by atoms with Crippen LogP contribution in [0.4, 0.5) is 0 Å². The summed E-state index contributed by atoms with van der Waals surface area (Å²) in [6.07, 6.45) is 1.86. The van der Waals surface area contributed by atoms with Crippen molar-refractivity contribution >= 4 is 15.9 Å². The number of nitrogens with zero attached hydrogens (tertiary/aromatic N) is 1. The first kappa shape index (κ1) is 16.0. The minimum Gasteiger partial charge on any atom is -0.439 e. The molecule has 0 saturated carbocycles. The average molecular weight is 349 g/mol. The van der Waals surface area contributed by atoms with Gasteiger partial charge in [-0.25, -0.2) is 4.98 Å². The smallest absolute Gasteiger partial charge is 0.219 e. The Morgan fingerprint density at radius 1 is 1.24 bits per heavy atom. The number of benzene rings is 1. The van der Waals surface area contributed by atoms with Crippen LogP contribution in [0.15, 0.2) is 41.0 Å². The van der Waals surface area contributed by atoms with Gasteiger partial charge in [-0.05, 0) is 48.7 Å². The monoisotopic (exact) mass is 348 g/mol. The van der Waals surface area contributed by atoms with Crippen molar-refractivity contribution in [1.29, 1.82) is 0 Å². The molecule has 21 heavy (non-hydrogen) atoms. The average Bonchev–Trinajstić information content (AvgIpc) is 2.44. The molecule has 0 unspecified atom stereocenters. The van der Waals surface area contributed by atoms with Crippen LogP contribution in [0.25, 0.3) is 0 Å². The lowest BCUT2D eigenvalue weighted by molar-refractivity contribution is 0.461. The van der Waals surface area contributed by atoms with Gasteiger partial charge in [0.2, 0.25) is 5.88 Å². The second-order valence-electron chi connectivity index (χ2n) is 5.54. The number of rotatable bonds is 6. The molecular weight excluding hydrogens is 328 g/mol. The van der Waals surface area contributed by atoms with Gasteiger partial charge < -0.3 is 10.1 Å². The summed E-state index contributed by atoms with van der Waals surface area (Å²) in [4.78, 5) is 4.35. The molecule has 1 N–H and O–H groups in total. The van der Waals surface area contributed by atoms with Crippen molar-refractivity contribution in [3.05, 3.63) is 52.1 Å². The molecule has 0 aliphatic carbocycles. The third kappa shape index (κ3) is 5.14. The molecule has 1 aromatic heterocycles. The molecule has 1 heterocycles. The third-order valence-electron chi connectivity index (χ3n) is 3.03. The van der Waals surface area contributed by atoms with Gasteiger partial charge in [0, 0.05) is 23.3 Å². The quantitative estimate of drug-likeness (QED) is 0.822. The van der Waals surface area contributed by atoms with E-state index in [-0.39, 0.29) is 0 Å². The summed E-state index contributed by atoms with van der Waals surface area (Å²) >= 11 is 3.48. The lowest BCUT2D eigenvalue weighted by atomic mass is 10.2. The number of hydrogen-bond donors (Lipinski definition) is 1. The van der Waals surface area contributed by atoms with Crippen LogP contribution in [-0.4, -0.2) is 11.5 Å². The van der Waals surface area contributed by atoms with Gasteiger partial charge in [0.15, 0.2) is 0 Å². The van der Waals surface area contributed by atoms with Gasteiger partial charge in [0.25, 0.3) is 0 Å². The van der Waals surface area contributed by atoms with Crippen LogP contribution in [0.3, 0.4) is 0 Å². The first-order valence-electron chi connectivity index (χ1n) is 7.14. The fourth-order valence-electron chi connectivity index (χ4n) is 1.88. The van der Waals surface area contributed by atoms with E-state index >= 15 is 0 Å². The Hall–Kier alpha value is -1.39. The molecule has 0 bridgehead atoms. The second kappa shape index (κ2) is 7.57. The van der Waals surface area contributed by atoms with Crippen molar-refractivity contribution in [1.82, 2.24) is 10.3 Å². The highest BCUT2D eigenvalue weighted by Gasteiger charge is 2.02. The SMILES string of the molecule is Cc1cc(Oc2ccc(CNCC(C)C)cn2)ccc1Br. The van der Waals surface area contributed by atoms with E-state index in [2.05, 4.69) is 40.1 Å². The summed E-state index contributed by atoms with van der Waals surface area (Å²) in [5.74, 6) is 2.07. The molecule has 2 aromatic rings. The fourth-order valence-corrected chi connectivity index (χ4v) is 2.13. The fraction of sp³-hybridized carbons (Fsp3) is 0.353. The predicted molar refractivity (Wildman–Crippen MR) is 89.7 cm³/mol. The molecule has 0 saturated heterocycles. The van der Waals surface area contributed by atoms with Crippen LogP contribution < -0.4 is 10.1 Å². The van der Waals surface area contributed by atoms with Gasteiger partial charge in [-0.3, -0.25) is 0 Å². The maximum Gasteiger partial charge on any atom is 0.219 e. The van der Waals surface area contributed by atoms with Crippen molar-refractivity contribution < 1.29 is 4.74 Å². The number of aryl methyl sites for hydroxylation is 1. The Morgan fingerprint density at radius 2 is 2.05 bits per heavy atom. The number of nitrogens with one attached hydrogen (secondary N) is 1. The van der Waals surface area contributed by atoms with Gasteiger partial charge in [0.1, 0.15) is 5.75 Å². The van der Waals surface area contributed by atoms with Gasteiger partial charge in [0.05, 0.1) is 0 Å². The van der Waals surface area contributed by atoms with Crippen LogP contribution >= 0.6 is 15.9 Å². The highest BCUT2D eigenvalue weighted by Crippen LogP contribution is 2.25. The standard InChI is InChI=1S/C17H21BrN2O/c1-12(2)9-19-10-14-4-7-17(20-11-14)21-15-5-6-16(18)13(3)8-15/h4-8,11-12,19H,9-10H2,1-3H3. The molecule has 112 valence electrons. The Bertz CT molecular complexity index is 582. The van der Waals surface area contributed by atoms with Crippen molar-refractivity contribution in [2.45, 2.75) is 27.3 Å². The summed E-state index contributed by atoms with van der Waals surface area (Å²) in [7, 11) is 0. The maximum atomic E-state index is 5.76. The summed E-state index contributed by atoms with van der Waals surface area (Å²) in [5.41, 5.74) is 2.30. The van der Waals surface area contributed by atoms with Crippen LogP contribution in [0.1, 0.15) is 25.0 Å². The first-order valence-corrected chi connectivity index (χ1v) is 7.93. The maximum absolute atomic E-state index is 5.76. The number of halogens is 1. The number of ether oxygens (including phenoxy) is 1. The van der Waals surface area contributed by atoms with Gasteiger partial charge in [-0.2, -0.15) is 0 Å². The zero-order valence-corrected chi connectivity index (χ0v) is 14.3. The lowest BCUT2D eigenvalue weighted by Gasteiger charge is -2.09. The molecule has 3 nitrogen and oxygen atoms in total. The minimum atomic E-state index is 0.615. The molecule has 1 aromatic carbocycles. The van der Waals surface area contributed by atoms with Crippen LogP contribution in [0.2, 0.25) is 0 Å². The van der Waals surface area contributed by atoms with E-state index in [0.717, 1.165) is 34.4 Å². The van der Waals surface area contributed by atoms with E-state index in [4.69, 9.17) is 4.74 Å². The highest BCUT2D eigenvalue weighted by molar-refractivity contribution is 9.10. The van der Waals surface area contributed by atoms with E-state index in [1.165, 1.54) is 0 Å². The van der Waals surface area contributed by atoms with Gasteiger partial charge in [-0.1, -0.05) is 35.8 Å². The molecule has 0 spiro atoms. The molecule has 0 aliphatic rings. The second-order valence-corrected chi connectivity index (χ2v) is 6.40. The Morgan fingerprint density at radius 3 is 2.67 bits per heavy atom. The van der Waals surface area contributed by atoms with E-state index in [1.807, 2.05) is 43.5 Å². The normalized spacial score (nSPS) is 10.9. The number of pyridine rings is 1. The Balaban J connectivity index is 1.94. The number of hydrogen-bond acceptors (Lipinski definition) is 3. The molecule has 0 radical (unpaired) electrons. The Kier molecular flexibility index (Phi) is 5.76. The van der Waals surface area contributed by atoms with Crippen molar-refractivity contribution in [2.75, 3.05) is 6.54 Å². The van der Waals surface area contributed by atoms with Gasteiger partial charge >= 0.3 is 0 Å². The molecule has 0 amide bonds. The summed E-state index contributed by atoms with van der Waals surface area (Å²) < 4.78 is 6.84. The molecule has 2 rings (SSSR count). The predicted octanol–water partition coefficient (Wildman–Crippen LogP) is 4.69. The Labute approximate surface area is 134 Å². The van der Waals surface area contributed by atoms with E-state index in [0.29, 0.717) is 11.8 Å². The minimum absolute atomic E-state index is 0.615. The summed E-state index contributed by atoms with van der Waals surface area (Å²) in [6, 6.07) is 9.85. The van der Waals surface area contributed by atoms with Gasteiger partial charge in [-0.15, -0.1) is 0 Å². The van der Waals surface area contributed by atoms with Crippen molar-refractivity contribution in [3.8, 4) is 11.6 Å². The summed E-state index contributed by atoms with van der Waals surface area (Å²) in [5, 5.41) is 3.40. The molecule has 0 atom stereocenters. The van der Waals surface area contributed by atoms with E-state index in [9.17, 15) is 0 Å². The largest absolute Gasteiger partial charge is 0.439 e. The van der Waals surface area contributed by atoms with E-state index < -0.39 is 0 Å². The molecule has 0 aliphatic heterocycles. The van der Waals surface area contributed by atoms with Crippen molar-refractivity contribution in [2.24, 2.45) is 5.92 Å². The zero-order chi connectivity index (χ0) is 15.2. The lowest BCUT2D eigenvalue weighted by Crippen LogP contribution is -2.18. The summed E-state index contributed by atoms with van der Waals surface area (Å²) in [6.45, 7) is 8.28. The number of aromatic nitrogens is 1. The third-order valence-corrected chi connectivity index (χ3v) is 3.92. The van der Waals surface area contributed by atoms with E-state index in [1.54, 1.807) is 0 Å². The zero-order valence-electron chi connectivity index (χ0n) is 12.7. The molecule has 0 fully saturated rings. The topological polar surface area (TPSA) is 34.1 Å². The van der Waals surface area contributed by atoms with Crippen molar-refractivity contribution in [3.63, 3.8) is 0 Å².